The first-order chi connectivity index (χ1) is 17.5. The van der Waals surface area contributed by atoms with E-state index in [1.807, 2.05) is 6.07 Å². The van der Waals surface area contributed by atoms with Crippen molar-refractivity contribution >= 4 is 23.4 Å². The molecule has 3 heterocycles. The zero-order chi connectivity index (χ0) is 26.9. The smallest absolute Gasteiger partial charge is 0.255 e. The maximum atomic E-state index is 14.9. The average molecular weight is 524 g/mol. The predicted octanol–water partition coefficient (Wildman–Crippen LogP) is 2.70. The van der Waals surface area contributed by atoms with E-state index in [0.29, 0.717) is 13.0 Å². The number of hydrogen-bond acceptors (Lipinski definition) is 5. The van der Waals surface area contributed by atoms with Gasteiger partial charge in [0.25, 0.3) is 5.92 Å². The summed E-state index contributed by atoms with van der Waals surface area (Å²) < 4.78 is 57.5. The molecule has 3 aliphatic heterocycles. The van der Waals surface area contributed by atoms with E-state index in [2.05, 4.69) is 16.0 Å². The van der Waals surface area contributed by atoms with Crippen LogP contribution in [0.15, 0.2) is 18.2 Å². The van der Waals surface area contributed by atoms with Gasteiger partial charge in [-0.05, 0) is 57.2 Å². The van der Waals surface area contributed by atoms with Crippen LogP contribution in [0.4, 0.5) is 23.2 Å². The first-order valence-corrected chi connectivity index (χ1v) is 12.4. The molecule has 3 saturated heterocycles. The third-order valence-corrected chi connectivity index (χ3v) is 7.52. The molecule has 5 rings (SSSR count). The average Bonchev–Trinajstić information content (AvgIpc) is 2.85. The molecule has 6 atom stereocenters. The van der Waals surface area contributed by atoms with Crippen LogP contribution in [0, 0.1) is 34.8 Å². The van der Waals surface area contributed by atoms with Crippen molar-refractivity contribution in [1.82, 2.24) is 15.5 Å². The number of fused-ring (bicyclic) bond motifs is 3. The highest BCUT2D eigenvalue weighted by Gasteiger charge is 2.60. The summed E-state index contributed by atoms with van der Waals surface area (Å²) in [5, 5.41) is 17.4. The van der Waals surface area contributed by atoms with E-state index in [1.54, 1.807) is 0 Å². The number of nitriles is 1. The van der Waals surface area contributed by atoms with Crippen LogP contribution in [-0.4, -0.2) is 59.3 Å². The third-order valence-electron chi connectivity index (χ3n) is 7.52. The Morgan fingerprint density at radius 1 is 1.27 bits per heavy atom. The summed E-state index contributed by atoms with van der Waals surface area (Å²) in [5.74, 6) is -8.52. The molecule has 4 aliphatic rings. The van der Waals surface area contributed by atoms with Gasteiger partial charge in [0.15, 0.2) is 0 Å². The van der Waals surface area contributed by atoms with Gasteiger partial charge in [0.05, 0.1) is 17.7 Å². The van der Waals surface area contributed by atoms with Crippen LogP contribution in [0.2, 0.25) is 0 Å². The van der Waals surface area contributed by atoms with E-state index in [1.165, 1.54) is 6.92 Å². The van der Waals surface area contributed by atoms with Crippen LogP contribution in [0.5, 0.6) is 0 Å². The third kappa shape index (κ3) is 5.50. The topological polar surface area (TPSA) is 114 Å². The molecule has 2 bridgehead atoms. The number of piperidine rings is 3. The second kappa shape index (κ2) is 10.6. The lowest BCUT2D eigenvalue weighted by atomic mass is 9.71. The SMILES string of the molecule is C[C@H](Nc1cc(F)ccc1F)C(=O)N1[C@H]2CC[C@@H]([C@@H]1C(=O)N[C@@H](C#N)C[C@H]1CCCNC1=O)C(F)(F)C2. The van der Waals surface area contributed by atoms with E-state index in [0.717, 1.165) is 29.5 Å². The molecule has 1 saturated carbocycles. The minimum Gasteiger partial charge on any atom is -0.371 e. The van der Waals surface area contributed by atoms with Gasteiger partial charge in [-0.2, -0.15) is 5.26 Å². The number of benzene rings is 1. The molecule has 1 aromatic carbocycles. The highest BCUT2D eigenvalue weighted by molar-refractivity contribution is 5.92. The fourth-order valence-electron chi connectivity index (χ4n) is 5.70. The molecule has 37 heavy (non-hydrogen) atoms. The standard InChI is InChI=1S/C25H29F4N5O3/c1-13(32-20-10-15(26)4-7-19(20)27)24(37)34-17-5-6-18(25(28,29)11-17)21(34)23(36)33-16(12-30)9-14-3-2-8-31-22(14)35/h4,7,10,13-14,16-18,21,32H,2-3,5-6,8-9,11H2,1H3,(H,31,35)(H,33,36)/t13-,14+,16+,17-,18-,21+/m0/s1. The Hall–Kier alpha value is -3.36. The summed E-state index contributed by atoms with van der Waals surface area (Å²) in [6.07, 6.45) is 0.952. The van der Waals surface area contributed by atoms with Gasteiger partial charge >= 0.3 is 0 Å². The van der Waals surface area contributed by atoms with Gasteiger partial charge in [0, 0.05) is 24.9 Å². The number of halogens is 4. The number of nitrogens with zero attached hydrogens (tertiary/aromatic N) is 2. The van der Waals surface area contributed by atoms with E-state index in [-0.39, 0.29) is 30.9 Å². The molecule has 3 amide bonds. The molecule has 1 aromatic rings. The van der Waals surface area contributed by atoms with Crippen molar-refractivity contribution in [3.8, 4) is 6.07 Å². The number of hydrogen-bond donors (Lipinski definition) is 3. The lowest BCUT2D eigenvalue weighted by molar-refractivity contribution is -0.194. The number of rotatable bonds is 7. The number of carbonyl (C=O) groups is 3. The van der Waals surface area contributed by atoms with Crippen molar-refractivity contribution in [1.29, 1.82) is 5.26 Å². The summed E-state index contributed by atoms with van der Waals surface area (Å²) in [6.45, 7) is 1.91. The molecule has 4 fully saturated rings. The second-order valence-electron chi connectivity index (χ2n) is 10.0. The number of carbonyl (C=O) groups excluding carboxylic acids is 3. The monoisotopic (exact) mass is 523 g/mol. The van der Waals surface area contributed by atoms with Crippen molar-refractivity contribution < 1.29 is 31.9 Å². The van der Waals surface area contributed by atoms with Crippen LogP contribution in [0.25, 0.3) is 0 Å². The predicted molar refractivity (Wildman–Crippen MR) is 124 cm³/mol. The molecule has 1 aliphatic carbocycles. The summed E-state index contributed by atoms with van der Waals surface area (Å²) in [7, 11) is 0. The lowest BCUT2D eigenvalue weighted by Crippen LogP contribution is -2.70. The molecule has 200 valence electrons. The molecule has 0 aromatic heterocycles. The molecule has 0 spiro atoms. The Morgan fingerprint density at radius 2 is 2.03 bits per heavy atom. The van der Waals surface area contributed by atoms with Gasteiger partial charge < -0.3 is 20.9 Å². The Balaban J connectivity index is 1.54. The van der Waals surface area contributed by atoms with Gasteiger partial charge in [0.1, 0.15) is 29.8 Å². The summed E-state index contributed by atoms with van der Waals surface area (Å²) in [6, 6.07) is -0.139. The largest absolute Gasteiger partial charge is 0.371 e. The Kier molecular flexibility index (Phi) is 7.62. The molecule has 0 unspecified atom stereocenters. The highest BCUT2D eigenvalue weighted by Crippen LogP contribution is 2.49. The molecule has 8 nitrogen and oxygen atoms in total. The Bertz CT molecular complexity index is 1110. The zero-order valence-electron chi connectivity index (χ0n) is 20.3. The molecule has 0 radical (unpaired) electrons. The van der Waals surface area contributed by atoms with Gasteiger partial charge in [-0.3, -0.25) is 14.4 Å². The Morgan fingerprint density at radius 3 is 2.70 bits per heavy atom. The van der Waals surface area contributed by atoms with Crippen molar-refractivity contribution in [3.63, 3.8) is 0 Å². The number of anilines is 1. The van der Waals surface area contributed by atoms with Gasteiger partial charge in [-0.1, -0.05) is 0 Å². The zero-order valence-corrected chi connectivity index (χ0v) is 20.3. The maximum absolute atomic E-state index is 14.9. The molecular weight excluding hydrogens is 494 g/mol. The second-order valence-corrected chi connectivity index (χ2v) is 10.0. The molecule has 12 heteroatoms. The van der Waals surface area contributed by atoms with Crippen LogP contribution in [0.1, 0.15) is 45.4 Å². The minimum atomic E-state index is -3.20. The number of nitrogens with one attached hydrogen (secondary N) is 3. The van der Waals surface area contributed by atoms with Gasteiger partial charge in [-0.25, -0.2) is 17.6 Å². The van der Waals surface area contributed by atoms with Crippen molar-refractivity contribution in [3.05, 3.63) is 29.8 Å². The van der Waals surface area contributed by atoms with Crippen LogP contribution < -0.4 is 16.0 Å². The fraction of sp³-hybridized carbons (Fsp3) is 0.600. The van der Waals surface area contributed by atoms with Gasteiger partial charge in [0.2, 0.25) is 17.7 Å². The summed E-state index contributed by atoms with van der Waals surface area (Å²) in [4.78, 5) is 40.0. The maximum Gasteiger partial charge on any atom is 0.255 e. The van der Waals surface area contributed by atoms with Crippen molar-refractivity contribution in [2.75, 3.05) is 11.9 Å². The fourth-order valence-corrected chi connectivity index (χ4v) is 5.70. The summed E-state index contributed by atoms with van der Waals surface area (Å²) >= 11 is 0. The van der Waals surface area contributed by atoms with Crippen molar-refractivity contribution in [2.24, 2.45) is 11.8 Å². The van der Waals surface area contributed by atoms with Crippen molar-refractivity contribution in [2.45, 2.75) is 75.5 Å². The highest BCUT2D eigenvalue weighted by atomic mass is 19.3. The van der Waals surface area contributed by atoms with E-state index < -0.39 is 71.8 Å². The van der Waals surface area contributed by atoms with Crippen LogP contribution in [-0.2, 0) is 14.4 Å². The van der Waals surface area contributed by atoms with Gasteiger partial charge in [-0.15, -0.1) is 0 Å². The minimum absolute atomic E-state index is 0.0160. The first-order valence-electron chi connectivity index (χ1n) is 12.4. The quantitative estimate of drug-likeness (QED) is 0.476. The number of alkyl halides is 2. The molecular formula is C25H29F4N5O3. The van der Waals surface area contributed by atoms with E-state index >= 15 is 0 Å². The van der Waals surface area contributed by atoms with Crippen LogP contribution in [0.3, 0.4) is 0 Å². The normalized spacial score (nSPS) is 28.0. The lowest BCUT2D eigenvalue weighted by Gasteiger charge is -2.54. The first kappa shape index (κ1) is 26.7. The van der Waals surface area contributed by atoms with Crippen LogP contribution >= 0.6 is 0 Å². The van der Waals surface area contributed by atoms with E-state index in [9.17, 15) is 37.2 Å². The summed E-state index contributed by atoms with van der Waals surface area (Å²) in [5.41, 5.74) is -0.273. The molecule has 3 N–H and O–H groups in total. The Labute approximate surface area is 211 Å². The number of amides is 3. The van der Waals surface area contributed by atoms with E-state index in [4.69, 9.17) is 0 Å².